The third-order valence-electron chi connectivity index (χ3n) is 7.02. The van der Waals surface area contributed by atoms with Crippen LogP contribution in [0.25, 0.3) is 0 Å². The van der Waals surface area contributed by atoms with Gasteiger partial charge in [-0.3, -0.25) is 9.48 Å². The molecule has 1 saturated heterocycles. The van der Waals surface area contributed by atoms with E-state index in [1.165, 1.54) is 71.0 Å². The summed E-state index contributed by atoms with van der Waals surface area (Å²) in [5.74, 6) is 1.15. The standard InChI is InChI=1S/C21H34N4O/c1-24-15-18(14-22-24)7-8-20(26)23-19-13-21(19)9-11-25(12-10-21)16-17-5-3-2-4-6-17/h14-15,17,19H,2-13,16H2,1H3,(H,23,26). The molecule has 2 saturated carbocycles. The normalized spacial score (nSPS) is 26.1. The maximum Gasteiger partial charge on any atom is 0.220 e. The number of nitrogens with one attached hydrogen (secondary N) is 1. The molecule has 1 unspecified atom stereocenters. The molecule has 0 radical (unpaired) electrons. The minimum Gasteiger partial charge on any atom is -0.353 e. The number of aromatic nitrogens is 2. The van der Waals surface area contributed by atoms with E-state index in [4.69, 9.17) is 0 Å². The molecular formula is C21H34N4O. The maximum atomic E-state index is 12.3. The van der Waals surface area contributed by atoms with Gasteiger partial charge >= 0.3 is 0 Å². The second-order valence-corrected chi connectivity index (χ2v) is 9.01. The topological polar surface area (TPSA) is 50.2 Å². The third kappa shape index (κ3) is 4.30. The Labute approximate surface area is 157 Å². The summed E-state index contributed by atoms with van der Waals surface area (Å²) in [4.78, 5) is 15.0. The van der Waals surface area contributed by atoms with Crippen molar-refractivity contribution < 1.29 is 4.79 Å². The van der Waals surface area contributed by atoms with Crippen molar-refractivity contribution >= 4 is 5.91 Å². The Morgan fingerprint density at radius 2 is 2.04 bits per heavy atom. The molecule has 1 aliphatic heterocycles. The molecule has 0 aromatic carbocycles. The highest BCUT2D eigenvalue weighted by Gasteiger charge is 2.55. The molecule has 4 rings (SSSR count). The zero-order valence-corrected chi connectivity index (χ0v) is 16.3. The SMILES string of the molecule is Cn1cc(CCC(=O)NC2CC23CCN(CC2CCCCC2)CC3)cn1. The van der Waals surface area contributed by atoms with Gasteiger partial charge in [-0.2, -0.15) is 5.10 Å². The Bertz CT molecular complexity index is 611. The first-order valence-electron chi connectivity index (χ1n) is 10.6. The van der Waals surface area contributed by atoms with Crippen molar-refractivity contribution in [1.29, 1.82) is 0 Å². The van der Waals surface area contributed by atoms with E-state index in [9.17, 15) is 4.79 Å². The molecule has 1 amide bonds. The first-order chi connectivity index (χ1) is 12.6. The first-order valence-corrected chi connectivity index (χ1v) is 10.6. The average molecular weight is 359 g/mol. The molecular weight excluding hydrogens is 324 g/mol. The van der Waals surface area contributed by atoms with Crippen molar-refractivity contribution in [3.63, 3.8) is 0 Å². The molecule has 2 heterocycles. The number of carbonyl (C=O) groups excluding carboxylic acids is 1. The molecule has 1 aromatic heterocycles. The molecule has 1 spiro atoms. The van der Waals surface area contributed by atoms with E-state index in [0.29, 0.717) is 17.9 Å². The highest BCUT2D eigenvalue weighted by atomic mass is 16.1. The van der Waals surface area contributed by atoms with Crippen molar-refractivity contribution in [3.8, 4) is 0 Å². The molecule has 5 heteroatoms. The van der Waals surface area contributed by atoms with Crippen molar-refractivity contribution in [3.05, 3.63) is 18.0 Å². The lowest BCUT2D eigenvalue weighted by Gasteiger charge is -2.36. The summed E-state index contributed by atoms with van der Waals surface area (Å²) in [6, 6.07) is 0.431. The van der Waals surface area contributed by atoms with Crippen LogP contribution in [0.4, 0.5) is 0 Å². The van der Waals surface area contributed by atoms with E-state index in [2.05, 4.69) is 15.3 Å². The Hall–Kier alpha value is -1.36. The first kappa shape index (κ1) is 18.0. The number of piperidine rings is 1. The van der Waals surface area contributed by atoms with Gasteiger partial charge in [-0.05, 0) is 68.5 Å². The van der Waals surface area contributed by atoms with E-state index in [-0.39, 0.29) is 5.91 Å². The lowest BCUT2D eigenvalue weighted by molar-refractivity contribution is -0.121. The van der Waals surface area contributed by atoms with Crippen LogP contribution in [0.5, 0.6) is 0 Å². The van der Waals surface area contributed by atoms with Gasteiger partial charge < -0.3 is 10.2 Å². The summed E-state index contributed by atoms with van der Waals surface area (Å²) < 4.78 is 1.80. The summed E-state index contributed by atoms with van der Waals surface area (Å²) in [7, 11) is 1.91. The number of amides is 1. The van der Waals surface area contributed by atoms with Gasteiger partial charge in [-0.1, -0.05) is 19.3 Å². The van der Waals surface area contributed by atoms with Gasteiger partial charge in [0.2, 0.25) is 5.91 Å². The number of rotatable bonds is 6. The number of hydrogen-bond acceptors (Lipinski definition) is 3. The quantitative estimate of drug-likeness (QED) is 0.851. The van der Waals surface area contributed by atoms with Gasteiger partial charge in [0.05, 0.1) is 6.20 Å². The lowest BCUT2D eigenvalue weighted by atomic mass is 9.87. The van der Waals surface area contributed by atoms with Crippen LogP contribution in [0, 0.1) is 11.3 Å². The monoisotopic (exact) mass is 358 g/mol. The smallest absolute Gasteiger partial charge is 0.220 e. The molecule has 144 valence electrons. The van der Waals surface area contributed by atoms with Gasteiger partial charge in [-0.15, -0.1) is 0 Å². The molecule has 26 heavy (non-hydrogen) atoms. The van der Waals surface area contributed by atoms with Crippen LogP contribution in [0.2, 0.25) is 0 Å². The van der Waals surface area contributed by atoms with Crippen LogP contribution in [0.15, 0.2) is 12.4 Å². The number of carbonyl (C=O) groups is 1. The van der Waals surface area contributed by atoms with E-state index in [1.54, 1.807) is 4.68 Å². The third-order valence-corrected chi connectivity index (χ3v) is 7.02. The molecule has 3 fully saturated rings. The zero-order chi connectivity index (χ0) is 18.0. The number of nitrogens with zero attached hydrogens (tertiary/aromatic N) is 3. The van der Waals surface area contributed by atoms with E-state index in [1.807, 2.05) is 19.4 Å². The predicted octanol–water partition coefficient (Wildman–Crippen LogP) is 2.90. The number of likely N-dealkylation sites (tertiary alicyclic amines) is 1. The number of aryl methyl sites for hydroxylation is 2. The van der Waals surface area contributed by atoms with Crippen molar-refractivity contribution in [2.45, 2.75) is 70.3 Å². The van der Waals surface area contributed by atoms with Crippen LogP contribution >= 0.6 is 0 Å². The van der Waals surface area contributed by atoms with E-state index >= 15 is 0 Å². The van der Waals surface area contributed by atoms with Crippen molar-refractivity contribution in [2.24, 2.45) is 18.4 Å². The fraction of sp³-hybridized carbons (Fsp3) is 0.810. The molecule has 3 aliphatic rings. The minimum absolute atomic E-state index is 0.209. The molecule has 1 atom stereocenters. The second-order valence-electron chi connectivity index (χ2n) is 9.01. The largest absolute Gasteiger partial charge is 0.353 e. The fourth-order valence-electron chi connectivity index (χ4n) is 5.15. The Balaban J connectivity index is 1.16. The van der Waals surface area contributed by atoms with Gasteiger partial charge in [0.25, 0.3) is 0 Å². The lowest BCUT2D eigenvalue weighted by Crippen LogP contribution is -2.41. The predicted molar refractivity (Wildman–Crippen MR) is 103 cm³/mol. The van der Waals surface area contributed by atoms with Gasteiger partial charge in [-0.25, -0.2) is 0 Å². The zero-order valence-electron chi connectivity index (χ0n) is 16.3. The fourth-order valence-corrected chi connectivity index (χ4v) is 5.15. The summed E-state index contributed by atoms with van der Waals surface area (Å²) in [6.07, 6.45) is 16.2. The Morgan fingerprint density at radius 1 is 1.27 bits per heavy atom. The van der Waals surface area contributed by atoms with E-state index < -0.39 is 0 Å². The molecule has 2 aliphatic carbocycles. The molecule has 1 N–H and O–H groups in total. The summed E-state index contributed by atoms with van der Waals surface area (Å²) in [5, 5.41) is 7.47. The molecule has 5 nitrogen and oxygen atoms in total. The Morgan fingerprint density at radius 3 is 2.73 bits per heavy atom. The molecule has 1 aromatic rings. The van der Waals surface area contributed by atoms with Gasteiger partial charge in [0, 0.05) is 32.3 Å². The van der Waals surface area contributed by atoms with Crippen LogP contribution in [-0.4, -0.2) is 46.3 Å². The van der Waals surface area contributed by atoms with Gasteiger partial charge in [0.15, 0.2) is 0 Å². The summed E-state index contributed by atoms with van der Waals surface area (Å²) in [6.45, 7) is 3.79. The van der Waals surface area contributed by atoms with Crippen LogP contribution < -0.4 is 5.32 Å². The molecule has 0 bridgehead atoms. The summed E-state index contributed by atoms with van der Waals surface area (Å²) in [5.41, 5.74) is 1.57. The van der Waals surface area contributed by atoms with Crippen LogP contribution in [0.3, 0.4) is 0 Å². The highest BCUT2D eigenvalue weighted by molar-refractivity contribution is 5.77. The number of hydrogen-bond donors (Lipinski definition) is 1. The summed E-state index contributed by atoms with van der Waals surface area (Å²) >= 11 is 0. The van der Waals surface area contributed by atoms with Gasteiger partial charge in [0.1, 0.15) is 0 Å². The average Bonchev–Trinajstić information content (AvgIpc) is 3.11. The Kier molecular flexibility index (Phi) is 5.35. The van der Waals surface area contributed by atoms with E-state index in [0.717, 1.165) is 17.9 Å². The second kappa shape index (κ2) is 7.71. The van der Waals surface area contributed by atoms with Crippen LogP contribution in [0.1, 0.15) is 63.4 Å². The highest BCUT2D eigenvalue weighted by Crippen LogP contribution is 2.54. The minimum atomic E-state index is 0.209. The van der Waals surface area contributed by atoms with Crippen molar-refractivity contribution in [1.82, 2.24) is 20.0 Å². The van der Waals surface area contributed by atoms with Crippen LogP contribution in [-0.2, 0) is 18.3 Å². The maximum absolute atomic E-state index is 12.3. The van der Waals surface area contributed by atoms with Crippen molar-refractivity contribution in [2.75, 3.05) is 19.6 Å².